The molecule has 3 aromatic rings. The van der Waals surface area contributed by atoms with Crippen LogP contribution in [-0.2, 0) is 11.8 Å². The summed E-state index contributed by atoms with van der Waals surface area (Å²) in [5.41, 5.74) is 7.13. The van der Waals surface area contributed by atoms with Gasteiger partial charge in [-0.05, 0) is 48.5 Å². The number of primary amides is 1. The number of nitrogens with one attached hydrogen (secondary N) is 2. The van der Waals surface area contributed by atoms with E-state index in [9.17, 15) is 14.4 Å². The summed E-state index contributed by atoms with van der Waals surface area (Å²) in [6.07, 6.45) is 3.49. The van der Waals surface area contributed by atoms with E-state index in [-0.39, 0.29) is 17.6 Å². The van der Waals surface area contributed by atoms with Gasteiger partial charge in [-0.15, -0.1) is 0 Å². The molecule has 0 atom stereocenters. The fraction of sp³-hybridized carbons (Fsp3) is 0.100. The predicted octanol–water partition coefficient (Wildman–Crippen LogP) is 2.50. The fourth-order valence-corrected chi connectivity index (χ4v) is 3.18. The SMILES string of the molecule is Cn1ccnc1SCC(=O)Nc1ccc(C(=O)Nc2ccc(C(N)=O)cc2)cc1. The molecule has 2 aromatic carbocycles. The third kappa shape index (κ3) is 5.45. The summed E-state index contributed by atoms with van der Waals surface area (Å²) in [6.45, 7) is 0. The van der Waals surface area contributed by atoms with E-state index in [1.54, 1.807) is 54.7 Å². The van der Waals surface area contributed by atoms with Crippen LogP contribution in [-0.4, -0.2) is 33.0 Å². The minimum atomic E-state index is -0.529. The van der Waals surface area contributed by atoms with Gasteiger partial charge in [0.15, 0.2) is 5.16 Å². The van der Waals surface area contributed by atoms with Gasteiger partial charge < -0.3 is 20.9 Å². The van der Waals surface area contributed by atoms with Gasteiger partial charge in [0, 0.05) is 41.9 Å². The second-order valence-corrected chi connectivity index (χ2v) is 7.07. The number of hydrogen-bond donors (Lipinski definition) is 3. The van der Waals surface area contributed by atoms with Gasteiger partial charge in [-0.1, -0.05) is 11.8 Å². The molecule has 8 nitrogen and oxygen atoms in total. The lowest BCUT2D eigenvalue weighted by atomic mass is 10.1. The Morgan fingerprint density at radius 1 is 0.966 bits per heavy atom. The van der Waals surface area contributed by atoms with Gasteiger partial charge in [0.25, 0.3) is 5.91 Å². The van der Waals surface area contributed by atoms with Gasteiger partial charge in [0.1, 0.15) is 0 Å². The zero-order valence-corrected chi connectivity index (χ0v) is 16.4. The quantitative estimate of drug-likeness (QED) is 0.518. The van der Waals surface area contributed by atoms with Crippen molar-refractivity contribution in [3.05, 3.63) is 72.1 Å². The maximum absolute atomic E-state index is 12.3. The molecule has 9 heteroatoms. The predicted molar refractivity (Wildman–Crippen MR) is 112 cm³/mol. The van der Waals surface area contributed by atoms with Crippen molar-refractivity contribution in [2.24, 2.45) is 12.8 Å². The Balaban J connectivity index is 1.53. The molecule has 0 unspecified atom stereocenters. The number of aryl methyl sites for hydroxylation is 1. The first kappa shape index (κ1) is 20.2. The Morgan fingerprint density at radius 2 is 1.55 bits per heavy atom. The molecule has 0 aliphatic rings. The summed E-state index contributed by atoms with van der Waals surface area (Å²) in [5, 5.41) is 6.28. The highest BCUT2D eigenvalue weighted by Crippen LogP contribution is 2.16. The third-order valence-electron chi connectivity index (χ3n) is 3.97. The first-order valence-electron chi connectivity index (χ1n) is 8.63. The number of amides is 3. The largest absolute Gasteiger partial charge is 0.366 e. The lowest BCUT2D eigenvalue weighted by Gasteiger charge is -2.08. The molecule has 0 aliphatic heterocycles. The first-order valence-corrected chi connectivity index (χ1v) is 9.62. The molecule has 0 aliphatic carbocycles. The summed E-state index contributed by atoms with van der Waals surface area (Å²) in [4.78, 5) is 39.6. The van der Waals surface area contributed by atoms with E-state index in [4.69, 9.17) is 5.73 Å². The molecule has 0 saturated carbocycles. The Bertz CT molecular complexity index is 1030. The van der Waals surface area contributed by atoms with Crippen molar-refractivity contribution in [3.63, 3.8) is 0 Å². The molecule has 0 saturated heterocycles. The maximum atomic E-state index is 12.3. The normalized spacial score (nSPS) is 10.4. The molecule has 0 radical (unpaired) electrons. The van der Waals surface area contributed by atoms with Crippen LogP contribution in [0.4, 0.5) is 11.4 Å². The van der Waals surface area contributed by atoms with E-state index in [0.717, 1.165) is 5.16 Å². The van der Waals surface area contributed by atoms with E-state index >= 15 is 0 Å². The molecule has 1 heterocycles. The van der Waals surface area contributed by atoms with E-state index < -0.39 is 5.91 Å². The van der Waals surface area contributed by atoms with Crippen molar-refractivity contribution < 1.29 is 14.4 Å². The summed E-state index contributed by atoms with van der Waals surface area (Å²) in [7, 11) is 1.86. The van der Waals surface area contributed by atoms with Crippen molar-refractivity contribution in [2.45, 2.75) is 5.16 Å². The van der Waals surface area contributed by atoms with Crippen LogP contribution in [0.2, 0.25) is 0 Å². The van der Waals surface area contributed by atoms with Crippen LogP contribution >= 0.6 is 11.8 Å². The van der Waals surface area contributed by atoms with Crippen LogP contribution in [0.15, 0.2) is 66.1 Å². The zero-order chi connectivity index (χ0) is 20.8. The van der Waals surface area contributed by atoms with E-state index in [1.165, 1.54) is 11.8 Å². The summed E-state index contributed by atoms with van der Waals surface area (Å²) >= 11 is 1.34. The molecule has 4 N–H and O–H groups in total. The van der Waals surface area contributed by atoms with Crippen LogP contribution in [0.25, 0.3) is 0 Å². The Hall–Kier alpha value is -3.59. The average Bonchev–Trinajstić information content (AvgIpc) is 3.12. The first-order chi connectivity index (χ1) is 13.9. The van der Waals surface area contributed by atoms with Crippen molar-refractivity contribution in [1.29, 1.82) is 0 Å². The number of anilines is 2. The third-order valence-corrected chi connectivity index (χ3v) is 5.03. The smallest absolute Gasteiger partial charge is 0.255 e. The molecule has 3 rings (SSSR count). The molecule has 148 valence electrons. The summed E-state index contributed by atoms with van der Waals surface area (Å²) in [6, 6.07) is 12.9. The zero-order valence-electron chi connectivity index (χ0n) is 15.6. The van der Waals surface area contributed by atoms with Crippen molar-refractivity contribution in [2.75, 3.05) is 16.4 Å². The monoisotopic (exact) mass is 409 g/mol. The number of nitrogens with zero attached hydrogens (tertiary/aromatic N) is 2. The molecule has 29 heavy (non-hydrogen) atoms. The fourth-order valence-electron chi connectivity index (χ4n) is 2.44. The van der Waals surface area contributed by atoms with Crippen molar-refractivity contribution in [3.8, 4) is 0 Å². The highest BCUT2D eigenvalue weighted by Gasteiger charge is 2.09. The van der Waals surface area contributed by atoms with Crippen LogP contribution in [0, 0.1) is 0 Å². The van der Waals surface area contributed by atoms with Crippen molar-refractivity contribution in [1.82, 2.24) is 9.55 Å². The number of nitrogens with two attached hydrogens (primary N) is 1. The Labute approximate surface area is 171 Å². The van der Waals surface area contributed by atoms with Gasteiger partial charge in [-0.25, -0.2) is 4.98 Å². The molecule has 1 aromatic heterocycles. The summed E-state index contributed by atoms with van der Waals surface area (Å²) < 4.78 is 1.84. The minimum Gasteiger partial charge on any atom is -0.366 e. The van der Waals surface area contributed by atoms with Crippen LogP contribution in [0.5, 0.6) is 0 Å². The van der Waals surface area contributed by atoms with Gasteiger partial charge in [-0.3, -0.25) is 14.4 Å². The number of thioether (sulfide) groups is 1. The van der Waals surface area contributed by atoms with Crippen LogP contribution in [0.1, 0.15) is 20.7 Å². The van der Waals surface area contributed by atoms with E-state index in [1.807, 2.05) is 17.8 Å². The van der Waals surface area contributed by atoms with Crippen LogP contribution in [0.3, 0.4) is 0 Å². The van der Waals surface area contributed by atoms with Crippen molar-refractivity contribution >= 4 is 40.9 Å². The minimum absolute atomic E-state index is 0.162. The number of rotatable bonds is 7. The highest BCUT2D eigenvalue weighted by molar-refractivity contribution is 7.99. The van der Waals surface area contributed by atoms with E-state index in [2.05, 4.69) is 15.6 Å². The highest BCUT2D eigenvalue weighted by atomic mass is 32.2. The standard InChI is InChI=1S/C20H19N5O3S/c1-25-11-10-22-20(25)29-12-17(26)23-15-8-4-14(5-9-15)19(28)24-16-6-2-13(3-7-16)18(21)27/h2-11H,12H2,1H3,(H2,21,27)(H,23,26)(H,24,28). The number of carbonyl (C=O) groups is 3. The second kappa shape index (κ2) is 9.07. The lowest BCUT2D eigenvalue weighted by molar-refractivity contribution is -0.113. The number of imidazole rings is 1. The molecular weight excluding hydrogens is 390 g/mol. The molecule has 0 fully saturated rings. The Kier molecular flexibility index (Phi) is 6.30. The molecule has 3 amide bonds. The van der Waals surface area contributed by atoms with Gasteiger partial charge in [0.05, 0.1) is 5.75 Å². The topological polar surface area (TPSA) is 119 Å². The average molecular weight is 409 g/mol. The van der Waals surface area contributed by atoms with Gasteiger partial charge in [0.2, 0.25) is 11.8 Å². The lowest BCUT2D eigenvalue weighted by Crippen LogP contribution is -2.15. The number of hydrogen-bond acceptors (Lipinski definition) is 5. The maximum Gasteiger partial charge on any atom is 0.255 e. The van der Waals surface area contributed by atoms with Gasteiger partial charge in [-0.2, -0.15) is 0 Å². The second-order valence-electron chi connectivity index (χ2n) is 6.13. The number of benzene rings is 2. The van der Waals surface area contributed by atoms with Gasteiger partial charge >= 0.3 is 0 Å². The molecule has 0 bridgehead atoms. The van der Waals surface area contributed by atoms with E-state index in [0.29, 0.717) is 22.5 Å². The number of aromatic nitrogens is 2. The van der Waals surface area contributed by atoms with Crippen LogP contribution < -0.4 is 16.4 Å². The molecule has 0 spiro atoms. The Morgan fingerprint density at radius 3 is 2.10 bits per heavy atom. The summed E-state index contributed by atoms with van der Waals surface area (Å²) in [5.74, 6) is -0.766. The number of carbonyl (C=O) groups excluding carboxylic acids is 3. The molecular formula is C20H19N5O3S.